The van der Waals surface area contributed by atoms with Crippen LogP contribution in [0.4, 0.5) is 0 Å². The molecule has 0 heterocycles. The molecule has 3 unspecified atom stereocenters. The Balaban J connectivity index is 4.66. The number of nitrogens with two attached hydrogens (primary N) is 1. The molecule has 21 heteroatoms. The van der Waals surface area contributed by atoms with Crippen LogP contribution >= 0.6 is 0 Å². The number of nitrogens with zero attached hydrogens (tertiary/aromatic N) is 1. The molecule has 21 nitrogen and oxygen atoms in total. The summed E-state index contributed by atoms with van der Waals surface area (Å²) < 4.78 is 5.92. The van der Waals surface area contributed by atoms with Crippen LogP contribution in [0, 0.1) is 5.41 Å². The van der Waals surface area contributed by atoms with Crippen molar-refractivity contribution in [2.45, 2.75) is 128 Å². The number of hydrogen-bond donors (Lipinski definition) is 11. The van der Waals surface area contributed by atoms with Gasteiger partial charge in [-0.15, -0.1) is 0 Å². The summed E-state index contributed by atoms with van der Waals surface area (Å²) in [7, 11) is 3.35. The number of carboxylic acids is 2. The number of amides is 6. The predicted molar refractivity (Wildman–Crippen MR) is 206 cm³/mol. The van der Waals surface area contributed by atoms with Gasteiger partial charge in [0.05, 0.1) is 36.3 Å². The van der Waals surface area contributed by atoms with Gasteiger partial charge in [-0.2, -0.15) is 0 Å². The van der Waals surface area contributed by atoms with E-state index in [9.17, 15) is 53.7 Å². The van der Waals surface area contributed by atoms with Crippen LogP contribution in [0.2, 0.25) is 0 Å². The molecule has 0 aromatic rings. The van der Waals surface area contributed by atoms with Crippen molar-refractivity contribution in [2.75, 3.05) is 46.9 Å². The largest absolute Gasteiger partial charge is 0.481 e. The molecule has 6 amide bonds. The van der Waals surface area contributed by atoms with E-state index in [-0.39, 0.29) is 64.4 Å². The normalized spacial score (nSPS) is 14.8. The first-order chi connectivity index (χ1) is 26.2. The van der Waals surface area contributed by atoms with Gasteiger partial charge in [-0.3, -0.25) is 43.7 Å². The van der Waals surface area contributed by atoms with Crippen molar-refractivity contribution >= 4 is 47.4 Å². The fourth-order valence-corrected chi connectivity index (χ4v) is 5.13. The Bertz CT molecular complexity index is 1370. The molecule has 0 rings (SSSR count). The van der Waals surface area contributed by atoms with Crippen molar-refractivity contribution in [3.05, 3.63) is 0 Å². The lowest BCUT2D eigenvalue weighted by Gasteiger charge is -2.30. The van der Waals surface area contributed by atoms with Gasteiger partial charge in [0, 0.05) is 65.1 Å². The molecule has 0 aliphatic rings. The van der Waals surface area contributed by atoms with E-state index in [2.05, 4.69) is 31.9 Å². The smallest absolute Gasteiger partial charge is 0.305 e. The third-order valence-electron chi connectivity index (χ3n) is 8.89. The molecule has 0 aliphatic heterocycles. The number of ether oxygens (including phenoxy) is 1. The number of carbonyl (C=O) groups is 8. The minimum atomic E-state index is -1.91. The molecule has 57 heavy (non-hydrogen) atoms. The maximum absolute atomic E-state index is 12.7. The molecule has 5 atom stereocenters. The number of rotatable bonds is 29. The summed E-state index contributed by atoms with van der Waals surface area (Å²) >= 11 is 0. The first kappa shape index (κ1) is 52.6. The quantitative estimate of drug-likeness (QED) is 0.0275. The van der Waals surface area contributed by atoms with Crippen LogP contribution in [0.5, 0.6) is 0 Å². The van der Waals surface area contributed by atoms with Gasteiger partial charge < -0.3 is 62.4 Å². The molecule has 0 aromatic carbocycles. The van der Waals surface area contributed by atoms with E-state index >= 15 is 0 Å². The summed E-state index contributed by atoms with van der Waals surface area (Å²) in [5.74, 6) is -6.20. The molecule has 0 fully saturated rings. The van der Waals surface area contributed by atoms with Gasteiger partial charge in [-0.25, -0.2) is 0 Å². The topological polar surface area (TPSA) is 328 Å². The third-order valence-corrected chi connectivity index (χ3v) is 8.89. The van der Waals surface area contributed by atoms with Crippen molar-refractivity contribution in [3.8, 4) is 0 Å². The summed E-state index contributed by atoms with van der Waals surface area (Å²) in [6.07, 6.45) is -4.36. The van der Waals surface area contributed by atoms with Gasteiger partial charge in [-0.05, 0) is 46.5 Å². The molecule has 0 saturated carbocycles. The van der Waals surface area contributed by atoms with Crippen LogP contribution in [0.1, 0.15) is 92.9 Å². The summed E-state index contributed by atoms with van der Waals surface area (Å²) in [6, 6.07) is -2.54. The molecule has 0 aliphatic carbocycles. The molecule has 0 spiro atoms. The molecule has 0 radical (unpaired) electrons. The minimum Gasteiger partial charge on any atom is -0.481 e. The molecule has 328 valence electrons. The second kappa shape index (κ2) is 25.0. The highest BCUT2D eigenvalue weighted by Crippen LogP contribution is 2.25. The van der Waals surface area contributed by atoms with Gasteiger partial charge in [0.2, 0.25) is 29.5 Å². The van der Waals surface area contributed by atoms with E-state index in [4.69, 9.17) is 15.6 Å². The Hall–Kier alpha value is -4.44. The van der Waals surface area contributed by atoms with Crippen molar-refractivity contribution < 1.29 is 63.5 Å². The van der Waals surface area contributed by atoms with E-state index in [0.717, 1.165) is 0 Å². The molecule has 0 bridgehead atoms. The van der Waals surface area contributed by atoms with Crippen molar-refractivity contribution in [1.82, 2.24) is 36.8 Å². The second-order valence-corrected chi connectivity index (χ2v) is 15.5. The number of carbonyl (C=O) groups excluding carboxylic acids is 6. The van der Waals surface area contributed by atoms with E-state index in [1.807, 2.05) is 13.8 Å². The number of carboxylic acid groups (broad SMARTS) is 2. The van der Waals surface area contributed by atoms with Gasteiger partial charge in [-0.1, -0.05) is 20.8 Å². The molecular weight excluding hydrogens is 752 g/mol. The van der Waals surface area contributed by atoms with Gasteiger partial charge in [0.1, 0.15) is 6.04 Å². The third kappa shape index (κ3) is 22.8. The highest BCUT2D eigenvalue weighted by atomic mass is 16.5. The predicted octanol–water partition coefficient (Wildman–Crippen LogP) is -2.49. The first-order valence-electron chi connectivity index (χ1n) is 18.8. The molecular formula is C36H66N8O13. The van der Waals surface area contributed by atoms with Crippen LogP contribution in [0.15, 0.2) is 0 Å². The number of hydrogen-bond acceptors (Lipinski definition) is 13. The Kier molecular flexibility index (Phi) is 23.1. The lowest BCUT2D eigenvalue weighted by molar-refractivity contribution is -0.141. The summed E-state index contributed by atoms with van der Waals surface area (Å²) in [4.78, 5) is 98.8. The molecule has 12 N–H and O–H groups in total. The van der Waals surface area contributed by atoms with Crippen LogP contribution in [-0.2, 0) is 43.1 Å². The average molecular weight is 819 g/mol. The lowest BCUT2D eigenvalue weighted by Crippen LogP contribution is -2.59. The van der Waals surface area contributed by atoms with Gasteiger partial charge in [0.25, 0.3) is 5.91 Å². The first-order valence-corrected chi connectivity index (χ1v) is 18.8. The SMILES string of the molecule is CCC(C)(N)NC(CC(=O)O)C(=O)NCCNC(=O)[C@@H](O)[C@H](O)CCC(=O)NCCNC(=O)C(CC(=O)O)NC(=O)CCC(C)(C)OCCC(C)(C)C(=O)N(C)C. The van der Waals surface area contributed by atoms with Crippen LogP contribution in [0.25, 0.3) is 0 Å². The summed E-state index contributed by atoms with van der Waals surface area (Å²) in [6.45, 7) is 10.3. The Morgan fingerprint density at radius 2 is 1.19 bits per heavy atom. The Morgan fingerprint density at radius 1 is 0.702 bits per heavy atom. The van der Waals surface area contributed by atoms with Crippen molar-refractivity contribution in [2.24, 2.45) is 11.1 Å². The number of aliphatic hydroxyl groups is 2. The fraction of sp³-hybridized carbons (Fsp3) is 0.778. The van der Waals surface area contributed by atoms with Crippen LogP contribution in [-0.4, -0.2) is 155 Å². The summed E-state index contributed by atoms with van der Waals surface area (Å²) in [5, 5.41) is 53.6. The maximum atomic E-state index is 12.7. The fourth-order valence-electron chi connectivity index (χ4n) is 5.13. The number of nitrogens with one attached hydrogen (secondary N) is 6. The second-order valence-electron chi connectivity index (χ2n) is 15.5. The Morgan fingerprint density at radius 3 is 1.70 bits per heavy atom. The highest BCUT2D eigenvalue weighted by molar-refractivity contribution is 5.91. The monoisotopic (exact) mass is 818 g/mol. The van der Waals surface area contributed by atoms with E-state index in [1.165, 1.54) is 4.90 Å². The zero-order chi connectivity index (χ0) is 44.1. The molecule has 0 saturated heterocycles. The van der Waals surface area contributed by atoms with Crippen LogP contribution in [0.3, 0.4) is 0 Å². The lowest BCUT2D eigenvalue weighted by atomic mass is 9.88. The van der Waals surface area contributed by atoms with Crippen molar-refractivity contribution in [3.63, 3.8) is 0 Å². The molecule has 0 aromatic heterocycles. The van der Waals surface area contributed by atoms with E-state index < -0.39 is 95.3 Å². The highest BCUT2D eigenvalue weighted by Gasteiger charge is 2.32. The van der Waals surface area contributed by atoms with Crippen molar-refractivity contribution in [1.29, 1.82) is 0 Å². The van der Waals surface area contributed by atoms with Gasteiger partial charge in [0.15, 0.2) is 6.10 Å². The van der Waals surface area contributed by atoms with E-state index in [1.54, 1.807) is 41.8 Å². The Labute approximate surface area is 333 Å². The average Bonchev–Trinajstić information content (AvgIpc) is 3.11. The summed E-state index contributed by atoms with van der Waals surface area (Å²) in [5.41, 5.74) is 3.58. The zero-order valence-electron chi connectivity index (χ0n) is 34.5. The number of aliphatic carboxylic acids is 2. The minimum absolute atomic E-state index is 0.0443. The van der Waals surface area contributed by atoms with Crippen LogP contribution < -0.4 is 37.6 Å². The van der Waals surface area contributed by atoms with Gasteiger partial charge >= 0.3 is 11.9 Å². The maximum Gasteiger partial charge on any atom is 0.305 e. The number of aliphatic hydroxyl groups excluding tert-OH is 2. The zero-order valence-corrected chi connectivity index (χ0v) is 34.5. The standard InChI is InChI=1S/C36H66N8O13/c1-9-36(6,37)43-23(21-28(50)51)31(54)40-17-18-41-32(55)29(52)24(45)10-11-25(46)38-15-16-39-30(53)22(20-27(48)49)42-26(47)12-13-35(4,5)57-19-14-34(2,3)33(56)44(7)8/h22-24,29,43,45,52H,9-21,37H2,1-8H3,(H,38,46)(H,39,53)(H,40,54)(H,41,55)(H,42,47)(H,48,49)(H,50,51)/t22?,23?,24-,29+,36?/m1/s1. The van der Waals surface area contributed by atoms with E-state index in [0.29, 0.717) is 12.8 Å².